The highest BCUT2D eigenvalue weighted by atomic mass is 16.3. The van der Waals surface area contributed by atoms with Gasteiger partial charge >= 0.3 is 0 Å². The molecule has 0 amide bonds. The maximum Gasteiger partial charge on any atom is 0.196 e. The summed E-state index contributed by atoms with van der Waals surface area (Å²) in [4.78, 5) is 14.3. The van der Waals surface area contributed by atoms with Crippen LogP contribution in [-0.4, -0.2) is 18.9 Å². The first-order valence-electron chi connectivity index (χ1n) is 8.68. The summed E-state index contributed by atoms with van der Waals surface area (Å²) in [6.45, 7) is 2.20. The SMILES string of the molecule is O=C1C(=Cc2ccco2)C[NH+](Cc2ccccc2)C/C1=C\c1ccco1. The van der Waals surface area contributed by atoms with E-state index in [1.165, 1.54) is 10.5 Å². The summed E-state index contributed by atoms with van der Waals surface area (Å²) >= 11 is 0. The number of rotatable bonds is 4. The first kappa shape index (κ1) is 16.4. The monoisotopic (exact) mass is 346 g/mol. The van der Waals surface area contributed by atoms with E-state index in [2.05, 4.69) is 12.1 Å². The van der Waals surface area contributed by atoms with E-state index in [-0.39, 0.29) is 5.78 Å². The van der Waals surface area contributed by atoms with Crippen LogP contribution in [-0.2, 0) is 11.3 Å². The molecule has 4 rings (SSSR count). The minimum absolute atomic E-state index is 0.0645. The smallest absolute Gasteiger partial charge is 0.196 e. The van der Waals surface area contributed by atoms with Crippen molar-refractivity contribution in [3.63, 3.8) is 0 Å². The van der Waals surface area contributed by atoms with Crippen LogP contribution >= 0.6 is 0 Å². The molecular weight excluding hydrogens is 326 g/mol. The molecule has 0 radical (unpaired) electrons. The van der Waals surface area contributed by atoms with Crippen LogP contribution < -0.4 is 4.90 Å². The molecule has 1 fully saturated rings. The second-order valence-corrected chi connectivity index (χ2v) is 6.47. The second kappa shape index (κ2) is 7.42. The van der Waals surface area contributed by atoms with Crippen molar-refractivity contribution >= 4 is 17.9 Å². The molecule has 4 nitrogen and oxygen atoms in total. The minimum Gasteiger partial charge on any atom is -0.465 e. The van der Waals surface area contributed by atoms with Gasteiger partial charge in [0.15, 0.2) is 5.78 Å². The molecule has 0 bridgehead atoms. The normalized spacial score (nSPS) is 20.8. The third-order valence-corrected chi connectivity index (χ3v) is 4.48. The number of piperidine rings is 1. The highest BCUT2D eigenvalue weighted by molar-refractivity contribution is 6.13. The first-order valence-corrected chi connectivity index (χ1v) is 8.68. The number of furan rings is 2. The Morgan fingerprint density at radius 3 is 1.88 bits per heavy atom. The Kier molecular flexibility index (Phi) is 4.67. The molecule has 1 unspecified atom stereocenters. The molecular formula is C22H20NO3+. The summed E-state index contributed by atoms with van der Waals surface area (Å²) < 4.78 is 10.8. The van der Waals surface area contributed by atoms with Crippen molar-refractivity contribution in [2.45, 2.75) is 6.54 Å². The van der Waals surface area contributed by atoms with Crippen molar-refractivity contribution in [1.82, 2.24) is 0 Å². The zero-order valence-electron chi connectivity index (χ0n) is 14.4. The number of Topliss-reactive ketones (excluding diaryl/α,β-unsaturated/α-hetero) is 1. The van der Waals surface area contributed by atoms with E-state index < -0.39 is 0 Å². The fourth-order valence-electron chi connectivity index (χ4n) is 3.30. The minimum atomic E-state index is 0.0645. The highest BCUT2D eigenvalue weighted by Crippen LogP contribution is 2.17. The molecule has 130 valence electrons. The maximum atomic E-state index is 12.9. The lowest BCUT2D eigenvalue weighted by molar-refractivity contribution is -0.904. The van der Waals surface area contributed by atoms with Gasteiger partial charge < -0.3 is 13.7 Å². The van der Waals surface area contributed by atoms with Crippen LogP contribution in [0.4, 0.5) is 0 Å². The van der Waals surface area contributed by atoms with Gasteiger partial charge in [0.05, 0.1) is 23.7 Å². The predicted molar refractivity (Wildman–Crippen MR) is 99.2 cm³/mol. The zero-order chi connectivity index (χ0) is 17.8. The van der Waals surface area contributed by atoms with Crippen LogP contribution in [0.5, 0.6) is 0 Å². The van der Waals surface area contributed by atoms with Crippen molar-refractivity contribution < 1.29 is 18.5 Å². The fourth-order valence-corrected chi connectivity index (χ4v) is 3.30. The number of carbonyl (C=O) groups is 1. The topological polar surface area (TPSA) is 47.8 Å². The summed E-state index contributed by atoms with van der Waals surface area (Å²) in [5.74, 6) is 1.47. The third kappa shape index (κ3) is 3.76. The average Bonchev–Trinajstić information content (AvgIpc) is 3.34. The Morgan fingerprint density at radius 1 is 0.808 bits per heavy atom. The molecule has 1 aliphatic rings. The van der Waals surface area contributed by atoms with E-state index in [4.69, 9.17) is 8.83 Å². The summed E-state index contributed by atoms with van der Waals surface area (Å²) in [7, 11) is 0. The van der Waals surface area contributed by atoms with Gasteiger partial charge in [-0.15, -0.1) is 0 Å². The molecule has 1 aromatic carbocycles. The van der Waals surface area contributed by atoms with Crippen LogP contribution in [0.3, 0.4) is 0 Å². The number of likely N-dealkylation sites (tertiary alicyclic amines) is 1. The Bertz CT molecular complexity index is 863. The number of hydrogen-bond acceptors (Lipinski definition) is 3. The second-order valence-electron chi connectivity index (χ2n) is 6.47. The van der Waals surface area contributed by atoms with Gasteiger partial charge in [0, 0.05) is 5.56 Å². The number of carbonyl (C=O) groups excluding carboxylic acids is 1. The predicted octanol–water partition coefficient (Wildman–Crippen LogP) is 3.01. The largest absolute Gasteiger partial charge is 0.465 e. The number of quaternary nitrogens is 1. The number of nitrogens with one attached hydrogen (secondary N) is 1. The summed E-state index contributed by atoms with van der Waals surface area (Å²) in [5.41, 5.74) is 2.77. The first-order chi connectivity index (χ1) is 12.8. The van der Waals surface area contributed by atoms with Gasteiger partial charge in [-0.2, -0.15) is 0 Å². The van der Waals surface area contributed by atoms with Crippen LogP contribution in [0.15, 0.2) is 87.1 Å². The van der Waals surface area contributed by atoms with E-state index in [0.717, 1.165) is 17.7 Å². The molecule has 0 aliphatic carbocycles. The van der Waals surface area contributed by atoms with E-state index in [0.29, 0.717) is 24.6 Å². The maximum absolute atomic E-state index is 12.9. The standard InChI is InChI=1S/C22H19NO3/c24-22-18(12-20-8-4-10-25-20)15-23(14-17-6-2-1-3-7-17)16-19(22)13-21-9-5-11-26-21/h1-13H,14-16H2/p+1/b18-12+,19-13?. The number of hydrogen-bond donors (Lipinski definition) is 1. The lowest BCUT2D eigenvalue weighted by Crippen LogP contribution is -3.12. The fraction of sp³-hybridized carbons (Fsp3) is 0.136. The number of ketones is 1. The molecule has 0 saturated carbocycles. The molecule has 0 spiro atoms. The van der Waals surface area contributed by atoms with Gasteiger partial charge in [-0.3, -0.25) is 4.79 Å². The van der Waals surface area contributed by atoms with E-state index >= 15 is 0 Å². The van der Waals surface area contributed by atoms with Crippen LogP contribution in [0, 0.1) is 0 Å². The lowest BCUT2D eigenvalue weighted by Gasteiger charge is -2.26. The molecule has 3 heterocycles. The Labute approximate surface area is 152 Å². The average molecular weight is 346 g/mol. The molecule has 4 heteroatoms. The van der Waals surface area contributed by atoms with Crippen molar-refractivity contribution in [2.24, 2.45) is 0 Å². The third-order valence-electron chi connectivity index (χ3n) is 4.48. The van der Waals surface area contributed by atoms with Crippen molar-refractivity contribution in [1.29, 1.82) is 0 Å². The Balaban J connectivity index is 1.64. The van der Waals surface area contributed by atoms with Gasteiger partial charge in [-0.1, -0.05) is 30.3 Å². The summed E-state index contributed by atoms with van der Waals surface area (Å²) in [5, 5.41) is 0. The Morgan fingerprint density at radius 2 is 1.38 bits per heavy atom. The van der Waals surface area contributed by atoms with E-state index in [9.17, 15) is 4.79 Å². The van der Waals surface area contributed by atoms with Crippen LogP contribution in [0.25, 0.3) is 12.2 Å². The van der Waals surface area contributed by atoms with E-state index in [1.807, 2.05) is 54.6 Å². The Hall–Kier alpha value is -3.11. The van der Waals surface area contributed by atoms with Gasteiger partial charge in [0.1, 0.15) is 31.2 Å². The highest BCUT2D eigenvalue weighted by Gasteiger charge is 2.29. The van der Waals surface area contributed by atoms with Crippen molar-refractivity contribution in [2.75, 3.05) is 13.1 Å². The molecule has 3 aromatic rings. The van der Waals surface area contributed by atoms with Gasteiger partial charge in [0.2, 0.25) is 0 Å². The molecule has 1 N–H and O–H groups in total. The zero-order valence-corrected chi connectivity index (χ0v) is 14.4. The quantitative estimate of drug-likeness (QED) is 0.739. The molecule has 1 aliphatic heterocycles. The molecule has 26 heavy (non-hydrogen) atoms. The molecule has 1 saturated heterocycles. The van der Waals surface area contributed by atoms with Crippen LogP contribution in [0.2, 0.25) is 0 Å². The van der Waals surface area contributed by atoms with Gasteiger partial charge in [-0.25, -0.2) is 0 Å². The van der Waals surface area contributed by atoms with Crippen molar-refractivity contribution in [3.8, 4) is 0 Å². The van der Waals surface area contributed by atoms with Gasteiger partial charge in [0.25, 0.3) is 0 Å². The van der Waals surface area contributed by atoms with Crippen LogP contribution in [0.1, 0.15) is 17.1 Å². The molecule has 1 atom stereocenters. The van der Waals surface area contributed by atoms with Gasteiger partial charge in [-0.05, 0) is 36.4 Å². The molecule has 2 aromatic heterocycles. The lowest BCUT2D eigenvalue weighted by atomic mass is 9.95. The summed E-state index contributed by atoms with van der Waals surface area (Å²) in [6.07, 6.45) is 6.94. The number of benzene rings is 1. The van der Waals surface area contributed by atoms with E-state index in [1.54, 1.807) is 12.5 Å². The summed E-state index contributed by atoms with van der Waals surface area (Å²) in [6, 6.07) is 17.7. The van der Waals surface area contributed by atoms with Crippen molar-refractivity contribution in [3.05, 3.63) is 95.4 Å².